The molecule has 2 aromatic carbocycles. The summed E-state index contributed by atoms with van der Waals surface area (Å²) in [5.74, 6) is -0.787. The molecule has 1 saturated heterocycles. The van der Waals surface area contributed by atoms with Gasteiger partial charge in [0.05, 0.1) is 4.90 Å². The van der Waals surface area contributed by atoms with Crippen LogP contribution in [0, 0.1) is 0 Å². The summed E-state index contributed by atoms with van der Waals surface area (Å²) in [4.78, 5) is 24.3. The number of imide groups is 1. The van der Waals surface area contributed by atoms with Crippen LogP contribution < -0.4 is 5.32 Å². The maximum absolute atomic E-state index is 12.6. The van der Waals surface area contributed by atoms with E-state index in [2.05, 4.69) is 5.32 Å². The molecule has 1 aliphatic heterocycles. The maximum atomic E-state index is 12.6. The first-order chi connectivity index (χ1) is 11.8. The zero-order valence-electron chi connectivity index (χ0n) is 12.7. The second-order valence-corrected chi connectivity index (χ2v) is 7.66. The number of hydrogen-bond donors (Lipinski definition) is 2. The Balaban J connectivity index is 1.85. The van der Waals surface area contributed by atoms with Crippen molar-refractivity contribution in [2.75, 3.05) is 0 Å². The fourth-order valence-corrected chi connectivity index (χ4v) is 3.91. The highest BCUT2D eigenvalue weighted by Gasteiger charge is 2.45. The quantitative estimate of drug-likeness (QED) is 0.788. The van der Waals surface area contributed by atoms with Crippen molar-refractivity contribution >= 4 is 33.6 Å². The lowest BCUT2D eigenvalue weighted by Gasteiger charge is -2.13. The molecule has 0 bridgehead atoms. The minimum atomic E-state index is -4.31. The highest BCUT2D eigenvalue weighted by atomic mass is 35.5. The molecule has 3 amide bonds. The van der Waals surface area contributed by atoms with Gasteiger partial charge in [0, 0.05) is 11.4 Å². The van der Waals surface area contributed by atoms with Gasteiger partial charge in [-0.2, -0.15) is 0 Å². The van der Waals surface area contributed by atoms with E-state index in [0.29, 0.717) is 10.6 Å². The van der Waals surface area contributed by atoms with Gasteiger partial charge < -0.3 is 10.4 Å². The number of aromatic hydroxyl groups is 1. The van der Waals surface area contributed by atoms with Gasteiger partial charge in [0.2, 0.25) is 0 Å². The Bertz CT molecular complexity index is 926. The second-order valence-electron chi connectivity index (χ2n) is 5.43. The van der Waals surface area contributed by atoms with E-state index in [9.17, 15) is 23.1 Å². The molecule has 130 valence electrons. The lowest BCUT2D eigenvalue weighted by Crippen LogP contribution is -2.37. The summed E-state index contributed by atoms with van der Waals surface area (Å²) >= 11 is 5.73. The standard InChI is InChI=1S/C16H13ClN2O5S/c17-11-3-7-13(8-4-11)25(23,24)19-15(21)14(18-16(19)22)9-10-1-5-12(20)6-2-10/h1-8,14,20H,9H2,(H,18,22)/t14-/m0/s1. The summed E-state index contributed by atoms with van der Waals surface area (Å²) < 4.78 is 25.4. The number of nitrogens with one attached hydrogen (secondary N) is 1. The fraction of sp³-hybridized carbons (Fsp3) is 0.125. The predicted molar refractivity (Wildman–Crippen MR) is 89.6 cm³/mol. The number of sulfonamides is 1. The molecule has 1 heterocycles. The van der Waals surface area contributed by atoms with Gasteiger partial charge in [-0.25, -0.2) is 13.2 Å². The molecule has 0 aliphatic carbocycles. The topological polar surface area (TPSA) is 104 Å². The molecule has 3 rings (SSSR count). The van der Waals surface area contributed by atoms with Crippen LogP contribution in [0.1, 0.15) is 5.56 Å². The van der Waals surface area contributed by atoms with E-state index in [-0.39, 0.29) is 21.4 Å². The van der Waals surface area contributed by atoms with Crippen LogP contribution >= 0.6 is 11.6 Å². The molecule has 1 atom stereocenters. The van der Waals surface area contributed by atoms with E-state index in [1.807, 2.05) is 0 Å². The molecule has 2 N–H and O–H groups in total. The lowest BCUT2D eigenvalue weighted by atomic mass is 10.1. The number of amides is 3. The number of phenolic OH excluding ortho intramolecular Hbond substituents is 1. The van der Waals surface area contributed by atoms with Gasteiger partial charge in [0.25, 0.3) is 15.9 Å². The highest BCUT2D eigenvalue weighted by Crippen LogP contribution is 2.23. The Kier molecular flexibility index (Phi) is 4.40. The van der Waals surface area contributed by atoms with Crippen molar-refractivity contribution in [1.29, 1.82) is 0 Å². The zero-order chi connectivity index (χ0) is 18.2. The van der Waals surface area contributed by atoms with E-state index in [4.69, 9.17) is 11.6 Å². The predicted octanol–water partition coefficient (Wildman–Crippen LogP) is 1.90. The van der Waals surface area contributed by atoms with Crippen molar-refractivity contribution < 1.29 is 23.1 Å². The molecule has 0 spiro atoms. The first kappa shape index (κ1) is 17.2. The number of rotatable bonds is 4. The third-order valence-corrected chi connectivity index (χ3v) is 5.65. The van der Waals surface area contributed by atoms with Gasteiger partial charge in [-0.15, -0.1) is 4.31 Å². The number of carbonyl (C=O) groups excluding carboxylic acids is 2. The molecule has 0 aromatic heterocycles. The number of carbonyl (C=O) groups is 2. The molecule has 1 fully saturated rings. The monoisotopic (exact) mass is 380 g/mol. The zero-order valence-corrected chi connectivity index (χ0v) is 14.3. The van der Waals surface area contributed by atoms with E-state index in [1.165, 1.54) is 36.4 Å². The minimum Gasteiger partial charge on any atom is -0.508 e. The first-order valence-electron chi connectivity index (χ1n) is 7.22. The van der Waals surface area contributed by atoms with E-state index in [0.717, 1.165) is 0 Å². The maximum Gasteiger partial charge on any atom is 0.339 e. The molecule has 9 heteroatoms. The fourth-order valence-electron chi connectivity index (χ4n) is 2.46. The molecular formula is C16H13ClN2O5S. The van der Waals surface area contributed by atoms with Crippen LogP contribution in [0.15, 0.2) is 53.4 Å². The third kappa shape index (κ3) is 3.31. The Labute approximate surface area is 148 Å². The molecule has 0 unspecified atom stereocenters. The number of benzene rings is 2. The van der Waals surface area contributed by atoms with Crippen molar-refractivity contribution in [3.05, 3.63) is 59.1 Å². The third-order valence-electron chi connectivity index (χ3n) is 3.71. The van der Waals surface area contributed by atoms with Crippen molar-refractivity contribution in [3.63, 3.8) is 0 Å². The van der Waals surface area contributed by atoms with Gasteiger partial charge in [-0.3, -0.25) is 4.79 Å². The van der Waals surface area contributed by atoms with Crippen LogP contribution in [0.4, 0.5) is 4.79 Å². The highest BCUT2D eigenvalue weighted by molar-refractivity contribution is 7.90. The van der Waals surface area contributed by atoms with Crippen LogP contribution in [0.5, 0.6) is 5.75 Å². The van der Waals surface area contributed by atoms with Gasteiger partial charge in [-0.05, 0) is 42.0 Å². The van der Waals surface area contributed by atoms with Gasteiger partial charge >= 0.3 is 6.03 Å². The summed E-state index contributed by atoms with van der Waals surface area (Å²) in [6, 6.07) is 9.25. The molecular weight excluding hydrogens is 368 g/mol. The number of halogens is 1. The molecule has 1 aliphatic rings. The summed E-state index contributed by atoms with van der Waals surface area (Å²) in [7, 11) is -4.31. The average Bonchev–Trinajstić information content (AvgIpc) is 2.84. The van der Waals surface area contributed by atoms with Crippen molar-refractivity contribution in [2.45, 2.75) is 17.4 Å². The molecule has 2 aromatic rings. The summed E-state index contributed by atoms with van der Waals surface area (Å²) in [6.45, 7) is 0. The largest absolute Gasteiger partial charge is 0.508 e. The van der Waals surface area contributed by atoms with E-state index < -0.39 is 28.0 Å². The Morgan fingerprint density at radius 2 is 1.64 bits per heavy atom. The minimum absolute atomic E-state index is 0.0671. The van der Waals surface area contributed by atoms with Gasteiger partial charge in [0.15, 0.2) is 0 Å². The van der Waals surface area contributed by atoms with Crippen LogP contribution in [0.3, 0.4) is 0 Å². The van der Waals surface area contributed by atoms with Gasteiger partial charge in [0.1, 0.15) is 11.8 Å². The summed E-state index contributed by atoms with van der Waals surface area (Å²) in [6.07, 6.45) is 0.109. The lowest BCUT2D eigenvalue weighted by molar-refractivity contribution is -0.124. The first-order valence-corrected chi connectivity index (χ1v) is 9.04. The molecule has 25 heavy (non-hydrogen) atoms. The number of nitrogens with zero attached hydrogens (tertiary/aromatic N) is 1. The van der Waals surface area contributed by atoms with E-state index in [1.54, 1.807) is 12.1 Å². The van der Waals surface area contributed by atoms with Crippen LogP contribution in [0.2, 0.25) is 5.02 Å². The number of urea groups is 1. The van der Waals surface area contributed by atoms with Crippen LogP contribution in [0.25, 0.3) is 0 Å². The Morgan fingerprint density at radius 1 is 1.04 bits per heavy atom. The number of phenols is 1. The van der Waals surface area contributed by atoms with E-state index >= 15 is 0 Å². The Hall–Kier alpha value is -2.58. The van der Waals surface area contributed by atoms with Crippen molar-refractivity contribution in [2.24, 2.45) is 0 Å². The summed E-state index contributed by atoms with van der Waals surface area (Å²) in [5.41, 5.74) is 0.669. The average molecular weight is 381 g/mol. The SMILES string of the molecule is O=C1N[C@@H](Cc2ccc(O)cc2)C(=O)N1S(=O)(=O)c1ccc(Cl)cc1. The Morgan fingerprint density at radius 3 is 2.24 bits per heavy atom. The van der Waals surface area contributed by atoms with Gasteiger partial charge in [-0.1, -0.05) is 23.7 Å². The van der Waals surface area contributed by atoms with Crippen molar-refractivity contribution in [3.8, 4) is 5.75 Å². The normalized spacial score (nSPS) is 17.6. The van der Waals surface area contributed by atoms with Crippen LogP contribution in [-0.2, 0) is 21.2 Å². The second kappa shape index (κ2) is 6.38. The molecule has 0 radical (unpaired) electrons. The number of hydrogen-bond acceptors (Lipinski definition) is 5. The van der Waals surface area contributed by atoms with Crippen molar-refractivity contribution in [1.82, 2.24) is 9.62 Å². The molecule has 7 nitrogen and oxygen atoms in total. The smallest absolute Gasteiger partial charge is 0.339 e. The summed E-state index contributed by atoms with van der Waals surface area (Å²) in [5, 5.41) is 12.0. The van der Waals surface area contributed by atoms with Crippen LogP contribution in [-0.4, -0.2) is 35.8 Å². The molecule has 0 saturated carbocycles.